The zero-order valence-electron chi connectivity index (χ0n) is 13.1. The molecule has 0 bridgehead atoms. The van der Waals surface area contributed by atoms with Gasteiger partial charge >= 0.3 is 0 Å². The van der Waals surface area contributed by atoms with Gasteiger partial charge in [-0.2, -0.15) is 0 Å². The zero-order valence-corrected chi connectivity index (χ0v) is 13.1. The Morgan fingerprint density at radius 2 is 1.58 bits per heavy atom. The summed E-state index contributed by atoms with van der Waals surface area (Å²) in [5, 5.41) is 0. The van der Waals surface area contributed by atoms with Crippen molar-refractivity contribution in [1.82, 2.24) is 5.43 Å². The van der Waals surface area contributed by atoms with Gasteiger partial charge in [-0.15, -0.1) is 0 Å². The van der Waals surface area contributed by atoms with Crippen LogP contribution < -0.4 is 11.3 Å². The molecular formula is C16H28N2O. The molecule has 1 aromatic carbocycles. The first-order valence-corrected chi connectivity index (χ1v) is 6.84. The smallest absolute Gasteiger partial charge is 0.0694 e. The van der Waals surface area contributed by atoms with Crippen molar-refractivity contribution in [1.29, 1.82) is 0 Å². The molecule has 0 aliphatic rings. The average molecular weight is 264 g/mol. The van der Waals surface area contributed by atoms with Gasteiger partial charge < -0.3 is 4.74 Å². The van der Waals surface area contributed by atoms with Crippen LogP contribution in [0.25, 0.3) is 0 Å². The van der Waals surface area contributed by atoms with Crippen LogP contribution in [0.2, 0.25) is 0 Å². The molecule has 1 rings (SSSR count). The Morgan fingerprint density at radius 1 is 1.05 bits per heavy atom. The number of rotatable bonds is 4. The molecule has 0 heterocycles. The van der Waals surface area contributed by atoms with E-state index in [9.17, 15) is 0 Å². The van der Waals surface area contributed by atoms with Gasteiger partial charge in [-0.05, 0) is 37.3 Å². The highest BCUT2D eigenvalue weighted by atomic mass is 16.5. The third-order valence-electron chi connectivity index (χ3n) is 3.06. The van der Waals surface area contributed by atoms with Crippen molar-refractivity contribution in [2.45, 2.75) is 58.6 Å². The molecular weight excluding hydrogens is 236 g/mol. The van der Waals surface area contributed by atoms with Crippen LogP contribution in [0.4, 0.5) is 0 Å². The highest BCUT2D eigenvalue weighted by molar-refractivity contribution is 5.29. The Kier molecular flexibility index (Phi) is 5.13. The molecule has 0 aromatic heterocycles. The largest absolute Gasteiger partial charge is 0.374 e. The molecule has 0 amide bonds. The number of benzene rings is 1. The second-order valence-corrected chi connectivity index (χ2v) is 7.01. The maximum absolute atomic E-state index is 5.79. The Bertz CT molecular complexity index is 385. The summed E-state index contributed by atoms with van der Waals surface area (Å²) >= 11 is 0. The fourth-order valence-corrected chi connectivity index (χ4v) is 1.79. The molecule has 3 heteroatoms. The molecule has 19 heavy (non-hydrogen) atoms. The van der Waals surface area contributed by atoms with Gasteiger partial charge in [-0.3, -0.25) is 11.3 Å². The van der Waals surface area contributed by atoms with Gasteiger partial charge in [0.15, 0.2) is 0 Å². The first-order valence-electron chi connectivity index (χ1n) is 6.84. The lowest BCUT2D eigenvalue weighted by atomic mass is 9.86. The van der Waals surface area contributed by atoms with E-state index in [1.54, 1.807) is 0 Å². The van der Waals surface area contributed by atoms with Gasteiger partial charge in [0.25, 0.3) is 0 Å². The molecule has 0 saturated heterocycles. The molecule has 3 nitrogen and oxygen atoms in total. The monoisotopic (exact) mass is 264 g/mol. The summed E-state index contributed by atoms with van der Waals surface area (Å²) in [6.45, 7) is 13.3. The maximum atomic E-state index is 5.79. The molecule has 0 spiro atoms. The van der Waals surface area contributed by atoms with Crippen molar-refractivity contribution >= 4 is 0 Å². The summed E-state index contributed by atoms with van der Waals surface area (Å²) in [4.78, 5) is 0. The third-order valence-corrected chi connectivity index (χ3v) is 3.06. The molecule has 0 radical (unpaired) electrons. The fraction of sp³-hybridized carbons (Fsp3) is 0.625. The number of hydrogen-bond donors (Lipinski definition) is 2. The predicted octanol–water partition coefficient (Wildman–Crippen LogP) is 3.30. The number of nitrogens with one attached hydrogen (secondary N) is 1. The Morgan fingerprint density at radius 3 is 1.95 bits per heavy atom. The maximum Gasteiger partial charge on any atom is 0.0694 e. The fourth-order valence-electron chi connectivity index (χ4n) is 1.79. The molecule has 108 valence electrons. The van der Waals surface area contributed by atoms with E-state index in [0.717, 1.165) is 5.56 Å². The second kappa shape index (κ2) is 6.04. The Labute approximate surface area is 117 Å². The molecule has 0 fully saturated rings. The lowest BCUT2D eigenvalue weighted by molar-refractivity contribution is -0.0148. The molecule has 0 aliphatic heterocycles. The quantitative estimate of drug-likeness (QED) is 0.648. The van der Waals surface area contributed by atoms with Crippen LogP contribution >= 0.6 is 0 Å². The number of hydrazine groups is 1. The van der Waals surface area contributed by atoms with E-state index in [0.29, 0.717) is 6.61 Å². The Hall–Kier alpha value is -0.900. The molecule has 0 aliphatic carbocycles. The molecule has 1 aromatic rings. The summed E-state index contributed by atoms with van der Waals surface area (Å²) < 4.78 is 5.79. The van der Waals surface area contributed by atoms with Gasteiger partial charge in [-0.25, -0.2) is 0 Å². The minimum atomic E-state index is -0.152. The number of hydrogen-bond acceptors (Lipinski definition) is 3. The summed E-state index contributed by atoms with van der Waals surface area (Å²) in [7, 11) is 0. The molecule has 3 N–H and O–H groups in total. The van der Waals surface area contributed by atoms with Crippen molar-refractivity contribution in [2.24, 2.45) is 5.84 Å². The standard InChI is InChI=1S/C16H28N2O/c1-15(2,3)13-9-7-12(8-10-13)14(18-17)11-19-16(4,5)6/h7-10,14,18H,11,17H2,1-6H3. The molecule has 1 unspecified atom stereocenters. The Balaban J connectivity index is 2.77. The molecule has 1 atom stereocenters. The first kappa shape index (κ1) is 16.2. The van der Waals surface area contributed by atoms with Crippen molar-refractivity contribution < 1.29 is 4.74 Å². The van der Waals surface area contributed by atoms with Crippen molar-refractivity contribution in [3.05, 3.63) is 35.4 Å². The van der Waals surface area contributed by atoms with E-state index in [1.165, 1.54) is 5.56 Å². The lowest BCUT2D eigenvalue weighted by Gasteiger charge is -2.25. The highest BCUT2D eigenvalue weighted by Gasteiger charge is 2.17. The SMILES string of the molecule is CC(C)(C)OCC(NN)c1ccc(C(C)(C)C)cc1. The van der Waals surface area contributed by atoms with Crippen LogP contribution in [0.5, 0.6) is 0 Å². The van der Waals surface area contributed by atoms with E-state index >= 15 is 0 Å². The zero-order chi connectivity index (χ0) is 14.7. The van der Waals surface area contributed by atoms with Crippen LogP contribution in [-0.4, -0.2) is 12.2 Å². The topological polar surface area (TPSA) is 47.3 Å². The van der Waals surface area contributed by atoms with Gasteiger partial charge in [0, 0.05) is 0 Å². The van der Waals surface area contributed by atoms with E-state index < -0.39 is 0 Å². The minimum absolute atomic E-state index is 0.0215. The average Bonchev–Trinajstić information content (AvgIpc) is 2.28. The van der Waals surface area contributed by atoms with Crippen molar-refractivity contribution in [3.63, 3.8) is 0 Å². The summed E-state index contributed by atoms with van der Waals surface area (Å²) in [6.07, 6.45) is 0. The van der Waals surface area contributed by atoms with E-state index in [4.69, 9.17) is 10.6 Å². The van der Waals surface area contributed by atoms with Crippen LogP contribution in [0.15, 0.2) is 24.3 Å². The van der Waals surface area contributed by atoms with E-state index in [2.05, 4.69) is 50.5 Å². The summed E-state index contributed by atoms with van der Waals surface area (Å²) in [5.74, 6) is 5.63. The highest BCUT2D eigenvalue weighted by Crippen LogP contribution is 2.24. The van der Waals surface area contributed by atoms with Crippen molar-refractivity contribution in [3.8, 4) is 0 Å². The minimum Gasteiger partial charge on any atom is -0.374 e. The van der Waals surface area contributed by atoms with Crippen LogP contribution in [0.3, 0.4) is 0 Å². The normalized spacial score (nSPS) is 14.5. The summed E-state index contributed by atoms with van der Waals surface area (Å²) in [5.41, 5.74) is 5.32. The lowest BCUT2D eigenvalue weighted by Crippen LogP contribution is -2.34. The molecule has 0 saturated carbocycles. The van der Waals surface area contributed by atoms with Crippen molar-refractivity contribution in [2.75, 3.05) is 6.61 Å². The van der Waals surface area contributed by atoms with Crippen LogP contribution in [0, 0.1) is 0 Å². The van der Waals surface area contributed by atoms with Crippen LogP contribution in [0.1, 0.15) is 58.7 Å². The van der Waals surface area contributed by atoms with E-state index in [1.807, 2.05) is 20.8 Å². The van der Waals surface area contributed by atoms with Gasteiger partial charge in [0.2, 0.25) is 0 Å². The van der Waals surface area contributed by atoms with Gasteiger partial charge in [0.1, 0.15) is 0 Å². The van der Waals surface area contributed by atoms with Gasteiger partial charge in [0.05, 0.1) is 18.2 Å². The predicted molar refractivity (Wildman–Crippen MR) is 80.9 cm³/mol. The van der Waals surface area contributed by atoms with Gasteiger partial charge in [-0.1, -0.05) is 45.0 Å². The second-order valence-electron chi connectivity index (χ2n) is 7.01. The summed E-state index contributed by atoms with van der Waals surface area (Å²) in [6, 6.07) is 8.59. The third kappa shape index (κ3) is 5.31. The number of nitrogens with two attached hydrogens (primary N) is 1. The van der Waals surface area contributed by atoms with Crippen LogP contribution in [-0.2, 0) is 10.2 Å². The van der Waals surface area contributed by atoms with E-state index in [-0.39, 0.29) is 17.1 Å². The number of ether oxygens (including phenoxy) is 1. The first-order chi connectivity index (χ1) is 8.63.